The average molecular weight is 353 g/mol. The van der Waals surface area contributed by atoms with E-state index in [1.807, 2.05) is 18.2 Å². The van der Waals surface area contributed by atoms with Crippen LogP contribution in [0.15, 0.2) is 48.7 Å². The fourth-order valence-electron chi connectivity index (χ4n) is 2.89. The topological polar surface area (TPSA) is 99.6 Å². The SMILES string of the molecule is O=C(O)c1ccc(CNC(=O)[C@H]2CC(=O)N(Cc3ccccn3)C2)cc1. The van der Waals surface area contributed by atoms with Gasteiger partial charge in [-0.25, -0.2) is 4.79 Å². The number of aromatic nitrogens is 1. The first-order valence-electron chi connectivity index (χ1n) is 8.30. The van der Waals surface area contributed by atoms with Crippen molar-refractivity contribution in [1.82, 2.24) is 15.2 Å². The van der Waals surface area contributed by atoms with E-state index >= 15 is 0 Å². The van der Waals surface area contributed by atoms with Crippen molar-refractivity contribution >= 4 is 17.8 Å². The number of benzene rings is 1. The summed E-state index contributed by atoms with van der Waals surface area (Å²) in [6, 6.07) is 11.8. The van der Waals surface area contributed by atoms with E-state index in [-0.39, 0.29) is 29.7 Å². The summed E-state index contributed by atoms with van der Waals surface area (Å²) in [5, 5.41) is 11.7. The minimum Gasteiger partial charge on any atom is -0.478 e. The number of carbonyl (C=O) groups is 3. The molecule has 7 heteroatoms. The molecule has 0 saturated carbocycles. The maximum atomic E-state index is 12.3. The van der Waals surface area contributed by atoms with Crippen molar-refractivity contribution in [3.05, 3.63) is 65.5 Å². The monoisotopic (exact) mass is 353 g/mol. The van der Waals surface area contributed by atoms with E-state index in [1.54, 1.807) is 23.2 Å². The van der Waals surface area contributed by atoms with E-state index in [4.69, 9.17) is 5.11 Å². The van der Waals surface area contributed by atoms with Crippen LogP contribution in [0.4, 0.5) is 0 Å². The Hall–Kier alpha value is -3.22. The molecule has 0 radical (unpaired) electrons. The summed E-state index contributed by atoms with van der Waals surface area (Å²) in [4.78, 5) is 41.2. The fraction of sp³-hybridized carbons (Fsp3) is 0.263. The molecular weight excluding hydrogens is 334 g/mol. The molecule has 1 aliphatic rings. The standard InChI is InChI=1S/C19H19N3O4/c23-17-9-15(11-22(17)12-16-3-1-2-8-20-16)18(24)21-10-13-4-6-14(7-5-13)19(25)26/h1-8,15H,9-12H2,(H,21,24)(H,25,26)/t15-/m0/s1. The van der Waals surface area contributed by atoms with Crippen LogP contribution in [-0.4, -0.2) is 39.3 Å². The molecule has 0 aliphatic carbocycles. The van der Waals surface area contributed by atoms with Gasteiger partial charge in [-0.3, -0.25) is 14.6 Å². The zero-order chi connectivity index (χ0) is 18.5. The van der Waals surface area contributed by atoms with Gasteiger partial charge in [-0.05, 0) is 29.8 Å². The first kappa shape index (κ1) is 17.6. The van der Waals surface area contributed by atoms with Crippen LogP contribution >= 0.6 is 0 Å². The molecule has 2 heterocycles. The van der Waals surface area contributed by atoms with E-state index in [2.05, 4.69) is 10.3 Å². The van der Waals surface area contributed by atoms with Gasteiger partial charge in [-0.2, -0.15) is 0 Å². The van der Waals surface area contributed by atoms with Gasteiger partial charge in [0.25, 0.3) is 0 Å². The molecule has 1 saturated heterocycles. The highest BCUT2D eigenvalue weighted by Gasteiger charge is 2.34. The summed E-state index contributed by atoms with van der Waals surface area (Å²) in [6.45, 7) is 1.07. The number of aromatic carboxylic acids is 1. The molecule has 26 heavy (non-hydrogen) atoms. The van der Waals surface area contributed by atoms with Crippen LogP contribution in [0.3, 0.4) is 0 Å². The van der Waals surface area contributed by atoms with Crippen molar-refractivity contribution in [3.8, 4) is 0 Å². The lowest BCUT2D eigenvalue weighted by atomic mass is 10.1. The van der Waals surface area contributed by atoms with Crippen LogP contribution in [0.2, 0.25) is 0 Å². The molecule has 2 aromatic rings. The highest BCUT2D eigenvalue weighted by atomic mass is 16.4. The van der Waals surface area contributed by atoms with E-state index in [1.165, 1.54) is 12.1 Å². The molecule has 3 rings (SSSR count). The number of carboxylic acid groups (broad SMARTS) is 1. The highest BCUT2D eigenvalue weighted by molar-refractivity contribution is 5.89. The number of rotatable bonds is 6. The molecule has 0 bridgehead atoms. The smallest absolute Gasteiger partial charge is 0.335 e. The van der Waals surface area contributed by atoms with E-state index in [0.717, 1.165) is 11.3 Å². The first-order valence-corrected chi connectivity index (χ1v) is 8.30. The zero-order valence-corrected chi connectivity index (χ0v) is 14.1. The minimum atomic E-state index is -0.988. The maximum Gasteiger partial charge on any atom is 0.335 e. The molecule has 2 N–H and O–H groups in total. The minimum absolute atomic E-state index is 0.0541. The molecule has 1 atom stereocenters. The molecule has 1 aromatic carbocycles. The molecule has 0 unspecified atom stereocenters. The van der Waals surface area contributed by atoms with Crippen molar-refractivity contribution in [3.63, 3.8) is 0 Å². The van der Waals surface area contributed by atoms with Gasteiger partial charge in [0.15, 0.2) is 0 Å². The van der Waals surface area contributed by atoms with Crippen LogP contribution in [-0.2, 0) is 22.7 Å². The summed E-state index contributed by atoms with van der Waals surface area (Å²) in [7, 11) is 0. The van der Waals surface area contributed by atoms with E-state index < -0.39 is 5.97 Å². The van der Waals surface area contributed by atoms with Crippen LogP contribution in [0.5, 0.6) is 0 Å². The number of pyridine rings is 1. The number of carbonyl (C=O) groups excluding carboxylic acids is 2. The molecule has 1 aromatic heterocycles. The molecule has 0 spiro atoms. The van der Waals surface area contributed by atoms with Gasteiger partial charge < -0.3 is 15.3 Å². The number of hydrogen-bond acceptors (Lipinski definition) is 4. The fourth-order valence-corrected chi connectivity index (χ4v) is 2.89. The Morgan fingerprint density at radius 3 is 2.62 bits per heavy atom. The van der Waals surface area contributed by atoms with Crippen molar-refractivity contribution in [2.45, 2.75) is 19.5 Å². The number of hydrogen-bond donors (Lipinski definition) is 2. The number of nitrogens with zero attached hydrogens (tertiary/aromatic N) is 2. The summed E-state index contributed by atoms with van der Waals surface area (Å²) in [5.41, 5.74) is 1.80. The second-order valence-corrected chi connectivity index (χ2v) is 6.22. The lowest BCUT2D eigenvalue weighted by molar-refractivity contribution is -0.129. The molecule has 134 valence electrons. The van der Waals surface area contributed by atoms with Gasteiger partial charge in [0.05, 0.1) is 23.7 Å². The number of carboxylic acids is 1. The van der Waals surface area contributed by atoms with Gasteiger partial charge in [0.1, 0.15) is 0 Å². The quantitative estimate of drug-likeness (QED) is 0.819. The van der Waals surface area contributed by atoms with Crippen LogP contribution in [0.1, 0.15) is 28.0 Å². The molecule has 2 amide bonds. The first-order chi connectivity index (χ1) is 12.5. The van der Waals surface area contributed by atoms with Crippen molar-refractivity contribution < 1.29 is 19.5 Å². The van der Waals surface area contributed by atoms with Crippen molar-refractivity contribution in [1.29, 1.82) is 0 Å². The van der Waals surface area contributed by atoms with E-state index in [0.29, 0.717) is 19.6 Å². The predicted molar refractivity (Wildman–Crippen MR) is 93.0 cm³/mol. The summed E-state index contributed by atoms with van der Waals surface area (Å²) in [6.07, 6.45) is 1.87. The lowest BCUT2D eigenvalue weighted by Crippen LogP contribution is -2.32. The largest absolute Gasteiger partial charge is 0.478 e. The summed E-state index contributed by atoms with van der Waals surface area (Å²) in [5.74, 6) is -1.60. The lowest BCUT2D eigenvalue weighted by Gasteiger charge is -2.16. The molecule has 7 nitrogen and oxygen atoms in total. The Morgan fingerprint density at radius 2 is 1.96 bits per heavy atom. The van der Waals surface area contributed by atoms with Gasteiger partial charge in [0.2, 0.25) is 11.8 Å². The number of amides is 2. The summed E-state index contributed by atoms with van der Waals surface area (Å²) >= 11 is 0. The van der Waals surface area contributed by atoms with Gasteiger partial charge >= 0.3 is 5.97 Å². The zero-order valence-electron chi connectivity index (χ0n) is 14.1. The third-order valence-electron chi connectivity index (χ3n) is 4.33. The van der Waals surface area contributed by atoms with Gasteiger partial charge in [-0.15, -0.1) is 0 Å². The Bertz CT molecular complexity index is 805. The van der Waals surface area contributed by atoms with Crippen LogP contribution in [0.25, 0.3) is 0 Å². The maximum absolute atomic E-state index is 12.3. The normalized spacial score (nSPS) is 16.5. The predicted octanol–water partition coefficient (Wildman–Crippen LogP) is 1.44. The third kappa shape index (κ3) is 4.24. The van der Waals surface area contributed by atoms with Gasteiger partial charge in [0, 0.05) is 25.7 Å². The number of likely N-dealkylation sites (tertiary alicyclic amines) is 1. The Labute approximate surface area is 150 Å². The third-order valence-corrected chi connectivity index (χ3v) is 4.33. The molecular formula is C19H19N3O4. The molecule has 1 fully saturated rings. The Morgan fingerprint density at radius 1 is 1.19 bits per heavy atom. The summed E-state index contributed by atoms with van der Waals surface area (Å²) < 4.78 is 0. The highest BCUT2D eigenvalue weighted by Crippen LogP contribution is 2.20. The van der Waals surface area contributed by atoms with E-state index in [9.17, 15) is 14.4 Å². The van der Waals surface area contributed by atoms with Crippen molar-refractivity contribution in [2.24, 2.45) is 5.92 Å². The Balaban J connectivity index is 1.52. The average Bonchev–Trinajstić information content (AvgIpc) is 3.01. The number of nitrogens with one attached hydrogen (secondary N) is 1. The van der Waals surface area contributed by atoms with Crippen molar-refractivity contribution in [2.75, 3.05) is 6.54 Å². The molecule has 1 aliphatic heterocycles. The van der Waals surface area contributed by atoms with Crippen LogP contribution in [0, 0.1) is 5.92 Å². The Kier molecular flexibility index (Phi) is 5.26. The van der Waals surface area contributed by atoms with Crippen LogP contribution < -0.4 is 5.32 Å². The van der Waals surface area contributed by atoms with Gasteiger partial charge in [-0.1, -0.05) is 18.2 Å². The second-order valence-electron chi connectivity index (χ2n) is 6.22. The second kappa shape index (κ2) is 7.77.